The molecule has 0 unspecified atom stereocenters. The lowest BCUT2D eigenvalue weighted by atomic mass is 9.94. The number of ketones is 1. The SMILES string of the molecule is Cc1c(C(=O)N2CCc3sccc3C2)oc2c1C(=O)CCC2. The van der Waals surface area contributed by atoms with Crippen LogP contribution in [0.15, 0.2) is 15.9 Å². The number of nitrogens with zero attached hydrogens (tertiary/aromatic N) is 1. The van der Waals surface area contributed by atoms with Gasteiger partial charge in [0.1, 0.15) is 5.76 Å². The molecule has 4 rings (SSSR count). The average molecular weight is 315 g/mol. The molecule has 2 aliphatic rings. The molecule has 0 aromatic carbocycles. The number of amides is 1. The molecule has 0 bridgehead atoms. The monoisotopic (exact) mass is 315 g/mol. The average Bonchev–Trinajstić information content (AvgIpc) is 3.11. The molecule has 0 spiro atoms. The van der Waals surface area contributed by atoms with Gasteiger partial charge in [0.2, 0.25) is 0 Å². The van der Waals surface area contributed by atoms with E-state index in [-0.39, 0.29) is 11.7 Å². The van der Waals surface area contributed by atoms with Crippen LogP contribution in [-0.2, 0) is 19.4 Å². The van der Waals surface area contributed by atoms with Crippen molar-refractivity contribution in [3.05, 3.63) is 44.5 Å². The van der Waals surface area contributed by atoms with Crippen molar-refractivity contribution in [2.45, 2.75) is 39.2 Å². The number of hydrogen-bond acceptors (Lipinski definition) is 4. The van der Waals surface area contributed by atoms with E-state index >= 15 is 0 Å². The molecule has 1 aliphatic heterocycles. The molecule has 114 valence electrons. The number of thiophene rings is 1. The second-order valence-electron chi connectivity index (χ2n) is 5.98. The van der Waals surface area contributed by atoms with E-state index in [0.717, 1.165) is 24.8 Å². The van der Waals surface area contributed by atoms with Crippen molar-refractivity contribution in [1.29, 1.82) is 0 Å². The molecular weight excluding hydrogens is 298 g/mol. The Bertz CT molecular complexity index is 771. The number of Topliss-reactive ketones (excluding diaryl/α,β-unsaturated/α-hetero) is 1. The Morgan fingerprint density at radius 3 is 3.00 bits per heavy atom. The van der Waals surface area contributed by atoms with Crippen LogP contribution in [0.5, 0.6) is 0 Å². The second kappa shape index (κ2) is 5.09. The van der Waals surface area contributed by atoms with E-state index in [1.165, 1.54) is 10.4 Å². The third-order valence-corrected chi connectivity index (χ3v) is 5.62. The minimum absolute atomic E-state index is 0.0865. The van der Waals surface area contributed by atoms with Crippen LogP contribution in [-0.4, -0.2) is 23.1 Å². The number of carbonyl (C=O) groups is 2. The number of carbonyl (C=O) groups excluding carboxylic acids is 2. The number of fused-ring (bicyclic) bond motifs is 2. The molecule has 2 aromatic rings. The summed E-state index contributed by atoms with van der Waals surface area (Å²) in [6.07, 6.45) is 3.03. The van der Waals surface area contributed by atoms with Crippen molar-refractivity contribution in [2.24, 2.45) is 0 Å². The standard InChI is InChI=1S/C17H17NO3S/c1-10-15-12(19)3-2-4-13(15)21-16(10)17(20)18-7-5-14-11(9-18)6-8-22-14/h6,8H,2-5,7,9H2,1H3. The predicted octanol–water partition coefficient (Wildman–Crippen LogP) is 3.37. The first kappa shape index (κ1) is 13.8. The van der Waals surface area contributed by atoms with Crippen LogP contribution in [0.1, 0.15) is 55.5 Å². The number of hydrogen-bond donors (Lipinski definition) is 0. The van der Waals surface area contributed by atoms with Gasteiger partial charge in [-0.25, -0.2) is 0 Å². The van der Waals surface area contributed by atoms with Gasteiger partial charge in [-0.2, -0.15) is 0 Å². The third kappa shape index (κ3) is 2.03. The van der Waals surface area contributed by atoms with Crippen molar-refractivity contribution in [3.8, 4) is 0 Å². The van der Waals surface area contributed by atoms with Gasteiger partial charge in [-0.1, -0.05) is 0 Å². The van der Waals surface area contributed by atoms with E-state index in [4.69, 9.17) is 4.42 Å². The summed E-state index contributed by atoms with van der Waals surface area (Å²) in [6, 6.07) is 2.09. The van der Waals surface area contributed by atoms with Gasteiger partial charge in [0.15, 0.2) is 11.5 Å². The smallest absolute Gasteiger partial charge is 0.290 e. The molecule has 0 saturated carbocycles. The van der Waals surface area contributed by atoms with E-state index in [1.54, 1.807) is 11.3 Å². The lowest BCUT2D eigenvalue weighted by Gasteiger charge is -2.26. The van der Waals surface area contributed by atoms with E-state index in [0.29, 0.717) is 36.6 Å². The summed E-state index contributed by atoms with van der Waals surface area (Å²) in [6.45, 7) is 3.18. The van der Waals surface area contributed by atoms with Crippen LogP contribution in [0.2, 0.25) is 0 Å². The van der Waals surface area contributed by atoms with E-state index in [1.807, 2.05) is 11.8 Å². The summed E-state index contributed by atoms with van der Waals surface area (Å²) in [5.74, 6) is 1.08. The molecule has 4 nitrogen and oxygen atoms in total. The molecule has 5 heteroatoms. The van der Waals surface area contributed by atoms with Crippen LogP contribution in [0.25, 0.3) is 0 Å². The summed E-state index contributed by atoms with van der Waals surface area (Å²) in [7, 11) is 0. The van der Waals surface area contributed by atoms with Gasteiger partial charge >= 0.3 is 0 Å². The number of aryl methyl sites for hydroxylation is 1. The predicted molar refractivity (Wildman–Crippen MR) is 83.5 cm³/mol. The molecule has 0 atom stereocenters. The minimum atomic E-state index is -0.0865. The first-order valence-corrected chi connectivity index (χ1v) is 8.53. The van der Waals surface area contributed by atoms with Crippen LogP contribution < -0.4 is 0 Å². The van der Waals surface area contributed by atoms with Gasteiger partial charge in [0, 0.05) is 36.4 Å². The molecule has 0 fully saturated rings. The Morgan fingerprint density at radius 2 is 2.18 bits per heavy atom. The van der Waals surface area contributed by atoms with Crippen molar-refractivity contribution in [1.82, 2.24) is 4.90 Å². The van der Waals surface area contributed by atoms with Gasteiger partial charge in [-0.3, -0.25) is 9.59 Å². The highest BCUT2D eigenvalue weighted by atomic mass is 32.1. The van der Waals surface area contributed by atoms with Crippen LogP contribution in [0.3, 0.4) is 0 Å². The summed E-state index contributed by atoms with van der Waals surface area (Å²) in [4.78, 5) is 28.1. The Kier molecular flexibility index (Phi) is 3.18. The Labute approximate surface area is 132 Å². The summed E-state index contributed by atoms with van der Waals surface area (Å²) >= 11 is 1.75. The van der Waals surface area contributed by atoms with E-state index in [9.17, 15) is 9.59 Å². The lowest BCUT2D eigenvalue weighted by Crippen LogP contribution is -2.35. The van der Waals surface area contributed by atoms with Gasteiger partial charge in [-0.15, -0.1) is 11.3 Å². The molecular formula is C17H17NO3S. The molecule has 0 saturated heterocycles. The van der Waals surface area contributed by atoms with Crippen molar-refractivity contribution in [3.63, 3.8) is 0 Å². The number of furan rings is 1. The Hall–Kier alpha value is -1.88. The first-order valence-electron chi connectivity index (χ1n) is 7.65. The highest BCUT2D eigenvalue weighted by Gasteiger charge is 2.32. The fraction of sp³-hybridized carbons (Fsp3) is 0.412. The van der Waals surface area contributed by atoms with Crippen LogP contribution >= 0.6 is 11.3 Å². The van der Waals surface area contributed by atoms with Crippen molar-refractivity contribution >= 4 is 23.0 Å². The molecule has 0 radical (unpaired) electrons. The summed E-state index contributed by atoms with van der Waals surface area (Å²) < 4.78 is 5.78. The Morgan fingerprint density at radius 1 is 1.32 bits per heavy atom. The molecule has 0 N–H and O–H groups in total. The minimum Gasteiger partial charge on any atom is -0.455 e. The topological polar surface area (TPSA) is 50.5 Å². The van der Waals surface area contributed by atoms with Gasteiger partial charge in [0.05, 0.1) is 5.56 Å². The largest absolute Gasteiger partial charge is 0.455 e. The van der Waals surface area contributed by atoms with Gasteiger partial charge in [0.25, 0.3) is 5.91 Å². The van der Waals surface area contributed by atoms with Crippen molar-refractivity contribution in [2.75, 3.05) is 6.54 Å². The maximum absolute atomic E-state index is 12.8. The zero-order valence-electron chi connectivity index (χ0n) is 12.5. The molecule has 3 heterocycles. The van der Waals surface area contributed by atoms with Crippen LogP contribution in [0, 0.1) is 6.92 Å². The highest BCUT2D eigenvalue weighted by Crippen LogP contribution is 2.31. The maximum Gasteiger partial charge on any atom is 0.290 e. The number of rotatable bonds is 1. The van der Waals surface area contributed by atoms with Gasteiger partial charge < -0.3 is 9.32 Å². The molecule has 22 heavy (non-hydrogen) atoms. The molecule has 1 aliphatic carbocycles. The van der Waals surface area contributed by atoms with Crippen LogP contribution in [0.4, 0.5) is 0 Å². The summed E-state index contributed by atoms with van der Waals surface area (Å²) in [5, 5.41) is 2.08. The fourth-order valence-electron chi connectivity index (χ4n) is 3.42. The normalized spacial score (nSPS) is 17.3. The van der Waals surface area contributed by atoms with E-state index < -0.39 is 0 Å². The van der Waals surface area contributed by atoms with E-state index in [2.05, 4.69) is 11.4 Å². The first-order chi connectivity index (χ1) is 10.6. The molecule has 1 amide bonds. The lowest BCUT2D eigenvalue weighted by molar-refractivity contribution is 0.0700. The maximum atomic E-state index is 12.8. The zero-order valence-corrected chi connectivity index (χ0v) is 13.3. The summed E-state index contributed by atoms with van der Waals surface area (Å²) in [5.41, 5.74) is 2.61. The quantitative estimate of drug-likeness (QED) is 0.811. The fourth-order valence-corrected chi connectivity index (χ4v) is 4.31. The second-order valence-corrected chi connectivity index (χ2v) is 6.98. The van der Waals surface area contributed by atoms with Crippen molar-refractivity contribution < 1.29 is 14.0 Å². The highest BCUT2D eigenvalue weighted by molar-refractivity contribution is 7.10. The van der Waals surface area contributed by atoms with Gasteiger partial charge in [-0.05, 0) is 36.8 Å². The zero-order chi connectivity index (χ0) is 15.3. The Balaban J connectivity index is 1.66. The third-order valence-electron chi connectivity index (χ3n) is 4.60. The molecule has 2 aromatic heterocycles.